The second-order valence-corrected chi connectivity index (χ2v) is 9.01. The molecule has 5 heterocycles. The number of rotatable bonds is 7. The summed E-state index contributed by atoms with van der Waals surface area (Å²) in [5, 5.41) is 26.6. The summed E-state index contributed by atoms with van der Waals surface area (Å²) in [5.41, 5.74) is 0.767. The number of fused-ring (bicyclic) bond motifs is 3. The topological polar surface area (TPSA) is 126 Å². The van der Waals surface area contributed by atoms with E-state index in [0.29, 0.717) is 41.4 Å². The maximum Gasteiger partial charge on any atom is 0.226 e. The molecular weight excluding hydrogens is 400 g/mol. The van der Waals surface area contributed by atoms with Gasteiger partial charge in [0.25, 0.3) is 0 Å². The number of thiazole rings is 1. The van der Waals surface area contributed by atoms with Crippen LogP contribution >= 0.6 is 11.3 Å². The van der Waals surface area contributed by atoms with E-state index in [1.807, 2.05) is 12.3 Å². The number of aliphatic hydroxyl groups is 1. The number of aromatic amines is 1. The minimum absolute atomic E-state index is 0.0229. The van der Waals surface area contributed by atoms with Gasteiger partial charge in [-0.2, -0.15) is 15.2 Å². The van der Waals surface area contributed by atoms with Crippen LogP contribution in [0.1, 0.15) is 37.0 Å². The molecule has 0 aromatic carbocycles. The summed E-state index contributed by atoms with van der Waals surface area (Å²) in [6.45, 7) is 0.853. The first-order valence-corrected chi connectivity index (χ1v) is 11.1. The Bertz CT molecular complexity index is 1060. The molecule has 2 bridgehead atoms. The van der Waals surface area contributed by atoms with Crippen molar-refractivity contribution in [3.63, 3.8) is 0 Å². The number of nitrogens with zero attached hydrogens (tertiary/aromatic N) is 5. The zero-order valence-electron chi connectivity index (χ0n) is 16.5. The second-order valence-electron chi connectivity index (χ2n) is 7.89. The first-order valence-electron chi connectivity index (χ1n) is 10.3. The van der Waals surface area contributed by atoms with Crippen molar-refractivity contribution in [1.29, 1.82) is 5.26 Å². The molecule has 2 saturated heterocycles. The third-order valence-electron chi connectivity index (χ3n) is 6.05. The first kappa shape index (κ1) is 19.2. The number of aliphatic hydroxyl groups excluding tert-OH is 1. The van der Waals surface area contributed by atoms with Gasteiger partial charge in [0.2, 0.25) is 5.95 Å². The van der Waals surface area contributed by atoms with Crippen molar-refractivity contribution in [2.24, 2.45) is 0 Å². The molecule has 30 heavy (non-hydrogen) atoms. The van der Waals surface area contributed by atoms with Crippen LogP contribution in [0.15, 0.2) is 18.5 Å². The molecule has 3 atom stereocenters. The molecule has 10 heteroatoms. The maximum absolute atomic E-state index is 9.28. The Morgan fingerprint density at radius 1 is 1.30 bits per heavy atom. The van der Waals surface area contributed by atoms with Gasteiger partial charge in [-0.3, -0.25) is 4.90 Å². The zero-order chi connectivity index (χ0) is 20.5. The van der Waals surface area contributed by atoms with Crippen LogP contribution in [-0.2, 0) is 6.61 Å². The highest BCUT2D eigenvalue weighted by atomic mass is 32.1. The average Bonchev–Trinajstić information content (AvgIpc) is 3.45. The van der Waals surface area contributed by atoms with Gasteiger partial charge in [-0.25, -0.2) is 4.98 Å². The largest absolute Gasteiger partial charge is 0.391 e. The minimum atomic E-state index is -0.0229. The van der Waals surface area contributed by atoms with Crippen molar-refractivity contribution in [2.45, 2.75) is 56.8 Å². The minimum Gasteiger partial charge on any atom is -0.391 e. The van der Waals surface area contributed by atoms with Gasteiger partial charge in [0.05, 0.1) is 22.9 Å². The molecule has 2 aliphatic rings. The molecule has 0 radical (unpaired) electrons. The molecule has 3 aromatic rings. The summed E-state index contributed by atoms with van der Waals surface area (Å²) < 4.78 is 0. The van der Waals surface area contributed by atoms with E-state index in [1.54, 1.807) is 6.20 Å². The first-order chi connectivity index (χ1) is 14.7. The number of piperidine rings is 1. The highest BCUT2D eigenvalue weighted by molar-refractivity contribution is 7.15. The summed E-state index contributed by atoms with van der Waals surface area (Å²) >= 11 is 1.40. The lowest BCUT2D eigenvalue weighted by molar-refractivity contribution is 0.135. The Morgan fingerprint density at radius 2 is 2.13 bits per heavy atom. The van der Waals surface area contributed by atoms with Gasteiger partial charge in [-0.1, -0.05) is 11.3 Å². The van der Waals surface area contributed by atoms with Gasteiger partial charge in [0.15, 0.2) is 5.13 Å². The monoisotopic (exact) mass is 424 g/mol. The molecule has 3 aromatic heterocycles. The van der Waals surface area contributed by atoms with Crippen molar-refractivity contribution in [2.75, 3.05) is 17.2 Å². The van der Waals surface area contributed by atoms with Crippen LogP contribution in [0.5, 0.6) is 0 Å². The highest BCUT2D eigenvalue weighted by Gasteiger charge is 2.40. The number of hydrogen-bond acceptors (Lipinski definition) is 9. The van der Waals surface area contributed by atoms with E-state index in [0.717, 1.165) is 35.3 Å². The molecule has 5 rings (SSSR count). The predicted octanol–water partition coefficient (Wildman–Crippen LogP) is 2.97. The molecule has 0 saturated carbocycles. The SMILES string of the molecule is N#CCCN1[C@@H]2CC[C@H]1CC(Nc1nc(Nc3ncc(CO)s3)c3cc[nH]c3n1)C2. The van der Waals surface area contributed by atoms with Gasteiger partial charge in [-0.05, 0) is 31.7 Å². The second kappa shape index (κ2) is 8.18. The van der Waals surface area contributed by atoms with E-state index in [-0.39, 0.29) is 6.61 Å². The third-order valence-corrected chi connectivity index (χ3v) is 6.95. The van der Waals surface area contributed by atoms with Crippen LogP contribution in [-0.4, -0.2) is 54.6 Å². The van der Waals surface area contributed by atoms with E-state index in [1.165, 1.54) is 24.2 Å². The van der Waals surface area contributed by atoms with Crippen molar-refractivity contribution in [1.82, 2.24) is 24.8 Å². The van der Waals surface area contributed by atoms with Crippen molar-refractivity contribution in [3.05, 3.63) is 23.3 Å². The molecule has 0 spiro atoms. The average molecular weight is 425 g/mol. The van der Waals surface area contributed by atoms with Crippen LogP contribution in [0.4, 0.5) is 16.9 Å². The van der Waals surface area contributed by atoms with E-state index < -0.39 is 0 Å². The van der Waals surface area contributed by atoms with Crippen molar-refractivity contribution >= 4 is 39.3 Å². The van der Waals surface area contributed by atoms with E-state index in [4.69, 9.17) is 10.2 Å². The van der Waals surface area contributed by atoms with Crippen molar-refractivity contribution in [3.8, 4) is 6.07 Å². The van der Waals surface area contributed by atoms with Crippen LogP contribution < -0.4 is 10.6 Å². The lowest BCUT2D eigenvalue weighted by Crippen LogP contribution is -2.47. The molecular formula is C20H24N8OS. The van der Waals surface area contributed by atoms with E-state index in [9.17, 15) is 5.11 Å². The summed E-state index contributed by atoms with van der Waals surface area (Å²) in [5.74, 6) is 1.29. The summed E-state index contributed by atoms with van der Waals surface area (Å²) in [6, 6.07) is 5.61. The fourth-order valence-corrected chi connectivity index (χ4v) is 5.43. The Kier molecular flexibility index (Phi) is 5.25. The lowest BCUT2D eigenvalue weighted by Gasteiger charge is -2.38. The molecule has 9 nitrogen and oxygen atoms in total. The number of anilines is 3. The van der Waals surface area contributed by atoms with Crippen LogP contribution in [0, 0.1) is 11.3 Å². The zero-order valence-corrected chi connectivity index (χ0v) is 17.3. The van der Waals surface area contributed by atoms with E-state index in [2.05, 4.69) is 36.6 Å². The van der Waals surface area contributed by atoms with Crippen molar-refractivity contribution < 1.29 is 5.11 Å². The predicted molar refractivity (Wildman–Crippen MR) is 116 cm³/mol. The molecule has 0 aliphatic carbocycles. The molecule has 156 valence electrons. The maximum atomic E-state index is 9.28. The number of H-pyrrole nitrogens is 1. The quantitative estimate of drug-likeness (QED) is 0.456. The van der Waals surface area contributed by atoms with Gasteiger partial charge >= 0.3 is 0 Å². The third kappa shape index (κ3) is 3.71. The number of nitrogens with one attached hydrogen (secondary N) is 3. The Morgan fingerprint density at radius 3 is 2.87 bits per heavy atom. The summed E-state index contributed by atoms with van der Waals surface area (Å²) in [4.78, 5) is 20.2. The smallest absolute Gasteiger partial charge is 0.226 e. The van der Waals surface area contributed by atoms with Gasteiger partial charge in [0, 0.05) is 43.5 Å². The highest BCUT2D eigenvalue weighted by Crippen LogP contribution is 2.37. The van der Waals surface area contributed by atoms with Crippen LogP contribution in [0.2, 0.25) is 0 Å². The van der Waals surface area contributed by atoms with Crippen LogP contribution in [0.25, 0.3) is 11.0 Å². The fraction of sp³-hybridized carbons (Fsp3) is 0.500. The number of nitriles is 1. The van der Waals surface area contributed by atoms with Gasteiger partial charge in [-0.15, -0.1) is 0 Å². The number of hydrogen-bond donors (Lipinski definition) is 4. The molecule has 2 fully saturated rings. The molecule has 1 unspecified atom stereocenters. The molecule has 2 aliphatic heterocycles. The number of aromatic nitrogens is 4. The van der Waals surface area contributed by atoms with Crippen LogP contribution in [0.3, 0.4) is 0 Å². The fourth-order valence-electron chi connectivity index (χ4n) is 4.76. The standard InChI is InChI=1S/C20H24N8OS/c21-5-1-7-28-13-2-3-14(28)9-12(8-13)24-19-25-17-16(4-6-22-17)18(26-19)27-20-23-10-15(11-29)30-20/h4,6,10,12-14,29H,1-3,7-9,11H2,(H3,22,23,24,25,26,27)/t12?,13-,14+. The summed E-state index contributed by atoms with van der Waals surface area (Å²) in [6.07, 6.45) is 8.61. The van der Waals surface area contributed by atoms with Gasteiger partial charge in [0.1, 0.15) is 11.5 Å². The summed E-state index contributed by atoms with van der Waals surface area (Å²) in [7, 11) is 0. The van der Waals surface area contributed by atoms with Gasteiger partial charge < -0.3 is 20.7 Å². The molecule has 4 N–H and O–H groups in total. The molecule has 0 amide bonds. The lowest BCUT2D eigenvalue weighted by atomic mass is 9.97. The Labute approximate surface area is 178 Å². The van der Waals surface area contributed by atoms with E-state index >= 15 is 0 Å². The Hall–Kier alpha value is -2.74. The normalized spacial score (nSPS) is 23.5. The Balaban J connectivity index is 1.33.